The zero-order valence-corrected chi connectivity index (χ0v) is 16.6. The smallest absolute Gasteiger partial charge is 0.272 e. The number of fused-ring (bicyclic) bond motifs is 1. The van der Waals surface area contributed by atoms with Crippen LogP contribution in [0.25, 0.3) is 0 Å². The van der Waals surface area contributed by atoms with E-state index < -0.39 is 5.91 Å². The van der Waals surface area contributed by atoms with Gasteiger partial charge < -0.3 is 15.7 Å². The number of amides is 1. The Morgan fingerprint density at radius 2 is 1.67 bits per heavy atom. The normalized spacial score (nSPS) is 14.8. The van der Waals surface area contributed by atoms with Crippen LogP contribution < -0.4 is 10.6 Å². The van der Waals surface area contributed by atoms with Gasteiger partial charge in [-0.3, -0.25) is 9.59 Å². The third-order valence-electron chi connectivity index (χ3n) is 3.32. The zero-order valence-electron chi connectivity index (χ0n) is 11.9. The van der Waals surface area contributed by atoms with Gasteiger partial charge in [0, 0.05) is 16.1 Å². The summed E-state index contributed by atoms with van der Waals surface area (Å²) >= 11 is 9.69. The molecule has 5 nitrogen and oxygen atoms in total. The van der Waals surface area contributed by atoms with Crippen LogP contribution in [-0.4, -0.2) is 16.8 Å². The minimum Gasteiger partial charge on any atom is -0.506 e. The molecule has 1 amide bonds. The van der Waals surface area contributed by atoms with Crippen molar-refractivity contribution < 1.29 is 14.7 Å². The lowest BCUT2D eigenvalue weighted by molar-refractivity contribution is -0.112. The fraction of sp³-hybridized carbons (Fsp3) is 0. The highest BCUT2D eigenvalue weighted by Gasteiger charge is 2.21. The van der Waals surface area contributed by atoms with E-state index >= 15 is 0 Å². The molecule has 1 aliphatic rings. The summed E-state index contributed by atoms with van der Waals surface area (Å²) in [5, 5.41) is 15.4. The van der Waals surface area contributed by atoms with E-state index in [1.165, 1.54) is 18.2 Å². The summed E-state index contributed by atoms with van der Waals surface area (Å²) in [6, 6.07) is 8.38. The second kappa shape index (κ2) is 6.70. The van der Waals surface area contributed by atoms with Gasteiger partial charge in [0.25, 0.3) is 5.91 Å². The van der Waals surface area contributed by atoms with Gasteiger partial charge in [-0.1, -0.05) is 15.9 Å². The van der Waals surface area contributed by atoms with Crippen molar-refractivity contribution >= 4 is 70.9 Å². The molecule has 0 aromatic heterocycles. The molecule has 0 saturated heterocycles. The van der Waals surface area contributed by atoms with Gasteiger partial charge in [-0.15, -0.1) is 0 Å². The lowest BCUT2D eigenvalue weighted by Crippen LogP contribution is -2.26. The molecular formula is C16H9Br3N2O3. The Bertz CT molecular complexity index is 886. The molecule has 0 bridgehead atoms. The minimum absolute atomic E-state index is 0.00671. The van der Waals surface area contributed by atoms with Crippen molar-refractivity contribution in [2.75, 3.05) is 10.6 Å². The summed E-state index contributed by atoms with van der Waals surface area (Å²) < 4.78 is 1.61. The molecule has 3 rings (SSSR count). The molecule has 3 N–H and O–H groups in total. The van der Waals surface area contributed by atoms with Gasteiger partial charge in [0.05, 0.1) is 20.3 Å². The summed E-state index contributed by atoms with van der Waals surface area (Å²) in [6.07, 6.45) is 1.23. The van der Waals surface area contributed by atoms with E-state index in [1.54, 1.807) is 12.1 Å². The second-order valence-corrected chi connectivity index (χ2v) is 7.60. The van der Waals surface area contributed by atoms with Crippen molar-refractivity contribution in [2.24, 2.45) is 0 Å². The maximum Gasteiger partial charge on any atom is 0.272 e. The number of carbonyl (C=O) groups is 2. The van der Waals surface area contributed by atoms with Crippen molar-refractivity contribution in [1.29, 1.82) is 0 Å². The van der Waals surface area contributed by atoms with Crippen LogP contribution in [0.1, 0.15) is 10.4 Å². The second-order valence-electron chi connectivity index (χ2n) is 4.98. The maximum atomic E-state index is 12.4. The lowest BCUT2D eigenvalue weighted by Gasteiger charge is -2.21. The lowest BCUT2D eigenvalue weighted by atomic mass is 10.1. The maximum absolute atomic E-state index is 12.4. The molecule has 2 aromatic rings. The van der Waals surface area contributed by atoms with Crippen molar-refractivity contribution in [3.05, 3.63) is 61.1 Å². The number of rotatable bonds is 2. The first-order valence-corrected chi connectivity index (χ1v) is 9.05. The first kappa shape index (κ1) is 17.2. The number of hydrogen-bond donors (Lipinski definition) is 3. The van der Waals surface area contributed by atoms with Crippen LogP contribution in [0.3, 0.4) is 0 Å². The summed E-state index contributed by atoms with van der Waals surface area (Å²) in [6.45, 7) is 0. The van der Waals surface area contributed by atoms with Gasteiger partial charge in [-0.25, -0.2) is 0 Å². The Hall–Kier alpha value is -1.64. The van der Waals surface area contributed by atoms with E-state index in [0.29, 0.717) is 25.9 Å². The van der Waals surface area contributed by atoms with E-state index in [9.17, 15) is 14.7 Å². The molecule has 0 fully saturated rings. The number of nitrogens with one attached hydrogen (secondary N) is 2. The summed E-state index contributed by atoms with van der Waals surface area (Å²) in [5.41, 5.74) is 1.81. The number of ketones is 1. The SMILES string of the molecule is O=C1Nc2cc(Br)ccc2NC1=CC(=O)c1cc(Br)c(O)c(Br)c1. The molecule has 2 aromatic carbocycles. The molecule has 122 valence electrons. The zero-order chi connectivity index (χ0) is 17.4. The predicted molar refractivity (Wildman–Crippen MR) is 102 cm³/mol. The summed E-state index contributed by atoms with van der Waals surface area (Å²) in [5.74, 6) is -0.757. The number of phenolic OH excluding ortho intramolecular Hbond substituents is 1. The largest absolute Gasteiger partial charge is 0.506 e. The molecule has 0 unspecified atom stereocenters. The first-order chi connectivity index (χ1) is 11.3. The van der Waals surface area contributed by atoms with Crippen LogP contribution in [0.2, 0.25) is 0 Å². The molecule has 0 aliphatic carbocycles. The molecule has 0 saturated carbocycles. The molecule has 24 heavy (non-hydrogen) atoms. The Morgan fingerprint density at radius 1 is 1.00 bits per heavy atom. The highest BCUT2D eigenvalue weighted by molar-refractivity contribution is 9.11. The quantitative estimate of drug-likeness (QED) is 0.395. The summed E-state index contributed by atoms with van der Waals surface area (Å²) in [7, 11) is 0. The Kier molecular flexibility index (Phi) is 4.80. The molecule has 1 aliphatic heterocycles. The Labute approximate surface area is 162 Å². The fourth-order valence-corrected chi connectivity index (χ4v) is 3.69. The van der Waals surface area contributed by atoms with Gasteiger partial charge in [-0.05, 0) is 62.2 Å². The van der Waals surface area contributed by atoms with Crippen molar-refractivity contribution in [1.82, 2.24) is 0 Å². The van der Waals surface area contributed by atoms with E-state index in [1.807, 2.05) is 6.07 Å². The number of allylic oxidation sites excluding steroid dienone is 1. The molecule has 0 spiro atoms. The summed E-state index contributed by atoms with van der Waals surface area (Å²) in [4.78, 5) is 24.6. The van der Waals surface area contributed by atoms with Crippen LogP contribution >= 0.6 is 47.8 Å². The topological polar surface area (TPSA) is 78.4 Å². The van der Waals surface area contributed by atoms with E-state index in [0.717, 1.165) is 4.47 Å². The number of halogens is 3. The first-order valence-electron chi connectivity index (χ1n) is 6.67. The average Bonchev–Trinajstić information content (AvgIpc) is 2.53. The van der Waals surface area contributed by atoms with Crippen molar-refractivity contribution in [2.45, 2.75) is 0 Å². The highest BCUT2D eigenvalue weighted by atomic mass is 79.9. The highest BCUT2D eigenvalue weighted by Crippen LogP contribution is 2.34. The van der Waals surface area contributed by atoms with Crippen LogP contribution in [-0.2, 0) is 4.79 Å². The number of benzene rings is 2. The van der Waals surface area contributed by atoms with Gasteiger partial charge >= 0.3 is 0 Å². The molecule has 8 heteroatoms. The van der Waals surface area contributed by atoms with Gasteiger partial charge in [0.1, 0.15) is 11.4 Å². The average molecular weight is 517 g/mol. The van der Waals surface area contributed by atoms with E-state index in [-0.39, 0.29) is 17.2 Å². The minimum atomic E-state index is -0.397. The van der Waals surface area contributed by atoms with Crippen molar-refractivity contribution in [3.8, 4) is 5.75 Å². The van der Waals surface area contributed by atoms with Gasteiger partial charge in [-0.2, -0.15) is 0 Å². The monoisotopic (exact) mass is 514 g/mol. The fourth-order valence-electron chi connectivity index (χ4n) is 2.14. The predicted octanol–water partition coefficient (Wildman–Crippen LogP) is 4.81. The van der Waals surface area contributed by atoms with E-state index in [2.05, 4.69) is 58.4 Å². The Morgan fingerprint density at radius 3 is 2.33 bits per heavy atom. The van der Waals surface area contributed by atoms with Crippen LogP contribution in [0.4, 0.5) is 11.4 Å². The molecule has 1 heterocycles. The number of anilines is 2. The van der Waals surface area contributed by atoms with E-state index in [4.69, 9.17) is 0 Å². The number of hydrogen-bond acceptors (Lipinski definition) is 4. The standard InChI is InChI=1S/C16H9Br3N2O3/c17-8-1-2-11-12(5-8)21-16(24)13(20-11)6-14(22)7-3-9(18)15(23)10(19)4-7/h1-6,20,23H,(H,21,24). The third kappa shape index (κ3) is 3.40. The molecular weight excluding hydrogens is 508 g/mol. The molecule has 0 atom stereocenters. The van der Waals surface area contributed by atoms with Gasteiger partial charge in [0.15, 0.2) is 5.78 Å². The number of aromatic hydroxyl groups is 1. The number of carbonyl (C=O) groups excluding carboxylic acids is 2. The third-order valence-corrected chi connectivity index (χ3v) is 5.02. The number of phenols is 1. The van der Waals surface area contributed by atoms with Crippen LogP contribution in [0.5, 0.6) is 5.75 Å². The van der Waals surface area contributed by atoms with Crippen LogP contribution in [0, 0.1) is 0 Å². The Balaban J connectivity index is 1.92. The molecule has 0 radical (unpaired) electrons. The van der Waals surface area contributed by atoms with Crippen LogP contribution in [0.15, 0.2) is 55.5 Å². The van der Waals surface area contributed by atoms with Crippen molar-refractivity contribution in [3.63, 3.8) is 0 Å². The van der Waals surface area contributed by atoms with Gasteiger partial charge in [0.2, 0.25) is 0 Å².